The van der Waals surface area contributed by atoms with Gasteiger partial charge in [-0.1, -0.05) is 18.2 Å². The van der Waals surface area contributed by atoms with E-state index in [2.05, 4.69) is 15.3 Å². The maximum Gasteiger partial charge on any atom is 0.328 e. The number of aryl methyl sites for hydroxylation is 1. The maximum atomic E-state index is 14.3. The van der Waals surface area contributed by atoms with Gasteiger partial charge in [-0.05, 0) is 19.9 Å². The van der Waals surface area contributed by atoms with Crippen LogP contribution in [-0.2, 0) is 4.79 Å². The molecule has 0 aliphatic rings. The van der Waals surface area contributed by atoms with Gasteiger partial charge in [-0.25, -0.2) is 27.9 Å². The summed E-state index contributed by atoms with van der Waals surface area (Å²) in [6, 6.07) is 3.00. The van der Waals surface area contributed by atoms with Crippen molar-refractivity contribution in [3.63, 3.8) is 0 Å². The third-order valence-corrected chi connectivity index (χ3v) is 3.59. The molecule has 0 saturated carbocycles. The first kappa shape index (κ1) is 19.2. The monoisotopic (exact) mass is 366 g/mol. The molecule has 0 bridgehead atoms. The zero-order chi connectivity index (χ0) is 19.4. The number of nitrogen functional groups attached to an aromatic ring is 1. The summed E-state index contributed by atoms with van der Waals surface area (Å²) in [6.45, 7) is 3.14. The molecule has 1 unspecified atom stereocenters. The first-order valence-corrected chi connectivity index (χ1v) is 7.58. The Morgan fingerprint density at radius 2 is 1.96 bits per heavy atom. The zero-order valence-corrected chi connectivity index (χ0v) is 14.0. The van der Waals surface area contributed by atoms with Gasteiger partial charge >= 0.3 is 5.97 Å². The van der Waals surface area contributed by atoms with Gasteiger partial charge in [0.05, 0.1) is 17.2 Å². The maximum absolute atomic E-state index is 14.3. The zero-order valence-electron chi connectivity index (χ0n) is 14.0. The minimum atomic E-state index is -2.94. The summed E-state index contributed by atoms with van der Waals surface area (Å²) in [5.41, 5.74) is 5.34. The first-order valence-electron chi connectivity index (χ1n) is 7.58. The van der Waals surface area contributed by atoms with E-state index >= 15 is 0 Å². The highest BCUT2D eigenvalue weighted by atomic mass is 19.3. The van der Waals surface area contributed by atoms with Gasteiger partial charge in [-0.15, -0.1) is 0 Å². The number of aliphatic carboxylic acids is 1. The molecule has 2 aromatic rings. The molecule has 0 fully saturated rings. The van der Waals surface area contributed by atoms with Gasteiger partial charge in [-0.2, -0.15) is 0 Å². The highest BCUT2D eigenvalue weighted by Crippen LogP contribution is 2.30. The Morgan fingerprint density at radius 1 is 1.31 bits per heavy atom. The lowest BCUT2D eigenvalue weighted by molar-refractivity contribution is -0.131. The van der Waals surface area contributed by atoms with Crippen LogP contribution in [0, 0.1) is 12.7 Å². The van der Waals surface area contributed by atoms with E-state index in [0.29, 0.717) is 5.82 Å². The molecule has 0 amide bonds. The van der Waals surface area contributed by atoms with Crippen LogP contribution in [0.4, 0.5) is 24.8 Å². The molecule has 26 heavy (non-hydrogen) atoms. The molecule has 1 aromatic heterocycles. The van der Waals surface area contributed by atoms with E-state index in [1.807, 2.05) is 0 Å². The third-order valence-electron chi connectivity index (χ3n) is 3.59. The van der Waals surface area contributed by atoms with Gasteiger partial charge in [0, 0.05) is 11.6 Å². The lowest BCUT2D eigenvalue weighted by Gasteiger charge is -2.19. The highest BCUT2D eigenvalue weighted by molar-refractivity contribution is 5.88. The summed E-state index contributed by atoms with van der Waals surface area (Å²) in [5, 5.41) is 11.7. The van der Waals surface area contributed by atoms with E-state index in [9.17, 15) is 18.0 Å². The summed E-state index contributed by atoms with van der Waals surface area (Å²) in [5.74, 6) is -1.69. The van der Waals surface area contributed by atoms with Gasteiger partial charge in [0.25, 0.3) is 6.43 Å². The Balaban J connectivity index is 2.42. The number of hydrogen-bond acceptors (Lipinski definition) is 5. The predicted octanol–water partition coefficient (Wildman–Crippen LogP) is 3.71. The quantitative estimate of drug-likeness (QED) is 0.674. The van der Waals surface area contributed by atoms with Crippen molar-refractivity contribution in [1.29, 1.82) is 0 Å². The molecular formula is C17H17F3N4O2. The second-order valence-electron chi connectivity index (χ2n) is 5.51. The number of nitrogens with one attached hydrogen (secondary N) is 1. The molecule has 138 valence electrons. The van der Waals surface area contributed by atoms with Crippen LogP contribution in [0.2, 0.25) is 0 Å². The van der Waals surface area contributed by atoms with Gasteiger partial charge in [-0.3, -0.25) is 0 Å². The van der Waals surface area contributed by atoms with Crippen LogP contribution in [0.3, 0.4) is 0 Å². The number of anilines is 2. The van der Waals surface area contributed by atoms with Crippen molar-refractivity contribution in [3.05, 3.63) is 52.6 Å². The van der Waals surface area contributed by atoms with E-state index in [4.69, 9.17) is 10.8 Å². The van der Waals surface area contributed by atoms with E-state index < -0.39 is 29.8 Å². The average molecular weight is 366 g/mol. The Morgan fingerprint density at radius 3 is 2.58 bits per heavy atom. The molecule has 9 heteroatoms. The van der Waals surface area contributed by atoms with Crippen LogP contribution in [0.5, 0.6) is 0 Å². The number of rotatable bonds is 6. The number of carbonyl (C=O) groups is 1. The summed E-state index contributed by atoms with van der Waals surface area (Å²) < 4.78 is 40.1. The fourth-order valence-corrected chi connectivity index (χ4v) is 2.39. The molecule has 6 nitrogen and oxygen atoms in total. The summed E-state index contributed by atoms with van der Waals surface area (Å²) in [4.78, 5) is 18.8. The van der Waals surface area contributed by atoms with Crippen molar-refractivity contribution in [2.75, 3.05) is 11.1 Å². The van der Waals surface area contributed by atoms with E-state index in [1.54, 1.807) is 13.8 Å². The molecular weight excluding hydrogens is 349 g/mol. The van der Waals surface area contributed by atoms with Crippen molar-refractivity contribution in [2.24, 2.45) is 0 Å². The second-order valence-corrected chi connectivity index (χ2v) is 5.51. The molecule has 0 aliphatic carbocycles. The summed E-state index contributed by atoms with van der Waals surface area (Å²) in [7, 11) is 0. The van der Waals surface area contributed by atoms with Crippen LogP contribution in [0.15, 0.2) is 24.3 Å². The number of carboxylic acid groups (broad SMARTS) is 1. The number of nitrogens with two attached hydrogens (primary N) is 1. The molecule has 0 spiro atoms. The van der Waals surface area contributed by atoms with Crippen molar-refractivity contribution in [1.82, 2.24) is 9.97 Å². The molecule has 0 radical (unpaired) electrons. The van der Waals surface area contributed by atoms with Gasteiger partial charge in [0.1, 0.15) is 23.3 Å². The van der Waals surface area contributed by atoms with E-state index in [0.717, 1.165) is 12.1 Å². The fraction of sp³-hybridized carbons (Fsp3) is 0.235. The normalized spacial score (nSPS) is 12.5. The number of benzene rings is 1. The third kappa shape index (κ3) is 4.29. The molecule has 0 saturated heterocycles. The standard InChI is InChI=1S/C17H17F3N4O2/c1-8(10-4-3-5-11(14(10)18)15(19)20)22-17-12(6-7-13(25)26)16(21)23-9(2)24-17/h3-8,15H,1-2H3,(H,25,26)(H3,21,22,23,24)/b7-6+. The minimum absolute atomic E-state index is 0.0193. The van der Waals surface area contributed by atoms with E-state index in [-0.39, 0.29) is 22.8 Å². The lowest BCUT2D eigenvalue weighted by atomic mass is 10.0. The molecule has 1 heterocycles. The van der Waals surface area contributed by atoms with Crippen molar-refractivity contribution in [3.8, 4) is 0 Å². The molecule has 2 rings (SSSR count). The number of nitrogens with zero attached hydrogens (tertiary/aromatic N) is 2. The van der Waals surface area contributed by atoms with Crippen LogP contribution in [-0.4, -0.2) is 21.0 Å². The van der Waals surface area contributed by atoms with E-state index in [1.165, 1.54) is 18.2 Å². The van der Waals surface area contributed by atoms with Crippen molar-refractivity contribution < 1.29 is 23.1 Å². The smallest absolute Gasteiger partial charge is 0.328 e. The highest BCUT2D eigenvalue weighted by Gasteiger charge is 2.20. The lowest BCUT2D eigenvalue weighted by Crippen LogP contribution is -2.14. The molecule has 1 aromatic carbocycles. The van der Waals surface area contributed by atoms with Crippen LogP contribution >= 0.6 is 0 Å². The topological polar surface area (TPSA) is 101 Å². The average Bonchev–Trinajstić information content (AvgIpc) is 2.53. The van der Waals surface area contributed by atoms with Gasteiger partial charge in [0.15, 0.2) is 0 Å². The molecule has 1 atom stereocenters. The molecule has 0 aliphatic heterocycles. The van der Waals surface area contributed by atoms with Crippen molar-refractivity contribution >= 4 is 23.7 Å². The number of alkyl halides is 2. The van der Waals surface area contributed by atoms with Gasteiger partial charge < -0.3 is 16.2 Å². The number of hydrogen-bond donors (Lipinski definition) is 3. The second kappa shape index (κ2) is 7.85. The number of carboxylic acids is 1. The van der Waals surface area contributed by atoms with Crippen LogP contribution < -0.4 is 11.1 Å². The predicted molar refractivity (Wildman–Crippen MR) is 91.2 cm³/mol. The SMILES string of the molecule is Cc1nc(N)c(/C=C/C(=O)O)c(NC(C)c2cccc(C(F)F)c2F)n1. The largest absolute Gasteiger partial charge is 0.478 e. The minimum Gasteiger partial charge on any atom is -0.478 e. The Kier molecular flexibility index (Phi) is 5.81. The van der Waals surface area contributed by atoms with Crippen LogP contribution in [0.25, 0.3) is 6.08 Å². The Labute approximate surface area is 147 Å². The first-order chi connectivity index (χ1) is 12.2. The fourth-order valence-electron chi connectivity index (χ4n) is 2.39. The Bertz CT molecular complexity index is 856. The number of halogens is 3. The van der Waals surface area contributed by atoms with Gasteiger partial charge in [0.2, 0.25) is 0 Å². The molecule has 4 N–H and O–H groups in total. The summed E-state index contributed by atoms with van der Waals surface area (Å²) in [6.07, 6.45) is -0.871. The summed E-state index contributed by atoms with van der Waals surface area (Å²) >= 11 is 0. The van der Waals surface area contributed by atoms with Crippen LogP contribution in [0.1, 0.15) is 41.9 Å². The van der Waals surface area contributed by atoms with Crippen molar-refractivity contribution in [2.45, 2.75) is 26.3 Å². The Hall–Kier alpha value is -3.10. The number of aromatic nitrogens is 2.